The summed E-state index contributed by atoms with van der Waals surface area (Å²) in [5.41, 5.74) is 3.11. The largest absolute Gasteiger partial charge is 0.413 e. The van der Waals surface area contributed by atoms with E-state index in [1.54, 1.807) is 12.1 Å². The van der Waals surface area contributed by atoms with E-state index in [2.05, 4.69) is 5.32 Å². The van der Waals surface area contributed by atoms with E-state index >= 15 is 0 Å². The Bertz CT molecular complexity index is 964. The average Bonchev–Trinajstić information content (AvgIpc) is 2.72. The minimum Gasteiger partial charge on any atom is -0.410 e. The summed E-state index contributed by atoms with van der Waals surface area (Å²) in [6.45, 7) is 9.88. The first-order valence-corrected chi connectivity index (χ1v) is 10.8. The lowest BCUT2D eigenvalue weighted by Crippen LogP contribution is -2.46. The van der Waals surface area contributed by atoms with Gasteiger partial charge in [0.2, 0.25) is 5.91 Å². The van der Waals surface area contributed by atoms with E-state index in [4.69, 9.17) is 4.74 Å². The number of hydrogen-bond acceptors (Lipinski definition) is 4. The van der Waals surface area contributed by atoms with Crippen LogP contribution in [0.5, 0.6) is 5.75 Å². The number of amides is 2. The zero-order chi connectivity index (χ0) is 22.8. The molecule has 0 saturated carbocycles. The first-order valence-electron chi connectivity index (χ1n) is 10.8. The first-order chi connectivity index (χ1) is 14.7. The minimum absolute atomic E-state index is 0.0402. The SMILES string of the molecule is CCC(=O)N1c2ccccc2[C@H](NC(=O)Oc2ccc(CO)cc2C(C)(C)C)C[C@@H]1C. The van der Waals surface area contributed by atoms with Crippen molar-refractivity contribution in [1.82, 2.24) is 5.32 Å². The molecular weight excluding hydrogens is 392 g/mol. The van der Waals surface area contributed by atoms with Gasteiger partial charge >= 0.3 is 6.09 Å². The quantitative estimate of drug-likeness (QED) is 0.736. The van der Waals surface area contributed by atoms with Gasteiger partial charge in [-0.3, -0.25) is 4.79 Å². The van der Waals surface area contributed by atoms with Gasteiger partial charge in [-0.15, -0.1) is 0 Å². The molecule has 2 aromatic carbocycles. The highest BCUT2D eigenvalue weighted by atomic mass is 16.6. The molecule has 3 rings (SSSR count). The number of nitrogens with zero attached hydrogens (tertiary/aromatic N) is 1. The van der Waals surface area contributed by atoms with E-state index in [9.17, 15) is 14.7 Å². The standard InChI is InChI=1S/C25H32N2O4/c1-6-23(29)27-16(2)13-20(18-9-7-8-10-21(18)27)26-24(30)31-22-12-11-17(15-28)14-19(22)25(3,4)5/h7-12,14,16,20,28H,6,13,15H2,1-5H3,(H,26,30)/t16-,20+/m0/s1. The molecule has 0 aliphatic carbocycles. The molecule has 2 atom stereocenters. The van der Waals surface area contributed by atoms with Gasteiger partial charge in [-0.1, -0.05) is 52.0 Å². The number of anilines is 1. The van der Waals surface area contributed by atoms with E-state index < -0.39 is 6.09 Å². The van der Waals surface area contributed by atoms with Crippen molar-refractivity contribution < 1.29 is 19.4 Å². The molecule has 1 heterocycles. The summed E-state index contributed by atoms with van der Waals surface area (Å²) in [6, 6.07) is 12.7. The maximum atomic E-state index is 12.8. The number of carbonyl (C=O) groups is 2. The Morgan fingerprint density at radius 1 is 1.19 bits per heavy atom. The van der Waals surface area contributed by atoms with Crippen LogP contribution in [0.4, 0.5) is 10.5 Å². The molecule has 0 aromatic heterocycles. The number of nitrogens with one attached hydrogen (secondary N) is 1. The van der Waals surface area contributed by atoms with Crippen LogP contribution in [0, 0.1) is 0 Å². The average molecular weight is 425 g/mol. The number of aliphatic hydroxyl groups is 1. The van der Waals surface area contributed by atoms with Crippen LogP contribution in [0.15, 0.2) is 42.5 Å². The van der Waals surface area contributed by atoms with Gasteiger partial charge in [0.1, 0.15) is 5.75 Å². The Labute approximate surface area is 184 Å². The van der Waals surface area contributed by atoms with Crippen molar-refractivity contribution in [2.75, 3.05) is 4.90 Å². The van der Waals surface area contributed by atoms with Crippen LogP contribution < -0.4 is 15.0 Å². The molecule has 2 amide bonds. The molecule has 0 spiro atoms. The van der Waals surface area contributed by atoms with E-state index in [1.165, 1.54) is 0 Å². The maximum absolute atomic E-state index is 12.8. The summed E-state index contributed by atoms with van der Waals surface area (Å²) < 4.78 is 5.71. The summed E-state index contributed by atoms with van der Waals surface area (Å²) in [7, 11) is 0. The van der Waals surface area contributed by atoms with Crippen LogP contribution in [0.3, 0.4) is 0 Å². The van der Waals surface area contributed by atoms with Crippen molar-refractivity contribution in [3.63, 3.8) is 0 Å². The molecule has 6 heteroatoms. The zero-order valence-electron chi connectivity index (χ0n) is 18.9. The van der Waals surface area contributed by atoms with E-state index in [0.29, 0.717) is 18.6 Å². The molecule has 1 aliphatic rings. The third-order valence-electron chi connectivity index (χ3n) is 5.69. The van der Waals surface area contributed by atoms with Gasteiger partial charge in [0.05, 0.1) is 12.6 Å². The monoisotopic (exact) mass is 424 g/mol. The third-order valence-corrected chi connectivity index (χ3v) is 5.69. The first kappa shape index (κ1) is 22.8. The van der Waals surface area contributed by atoms with Crippen LogP contribution in [-0.4, -0.2) is 23.1 Å². The third kappa shape index (κ3) is 4.90. The summed E-state index contributed by atoms with van der Waals surface area (Å²) in [6.07, 6.45) is 0.496. The van der Waals surface area contributed by atoms with Crippen molar-refractivity contribution in [2.45, 2.75) is 71.6 Å². The fourth-order valence-electron chi connectivity index (χ4n) is 4.12. The number of benzene rings is 2. The van der Waals surface area contributed by atoms with E-state index in [-0.39, 0.29) is 30.0 Å². The van der Waals surface area contributed by atoms with Crippen LogP contribution in [0.1, 0.15) is 70.2 Å². The highest BCUT2D eigenvalue weighted by Crippen LogP contribution is 2.38. The Balaban J connectivity index is 1.84. The molecule has 0 radical (unpaired) electrons. The predicted molar refractivity (Wildman–Crippen MR) is 121 cm³/mol. The molecule has 1 aliphatic heterocycles. The Kier molecular flexibility index (Phi) is 6.70. The lowest BCUT2D eigenvalue weighted by Gasteiger charge is -2.39. The van der Waals surface area contributed by atoms with Gasteiger partial charge in [-0.2, -0.15) is 0 Å². The second kappa shape index (κ2) is 9.10. The molecule has 0 bridgehead atoms. The van der Waals surface area contributed by atoms with Crippen molar-refractivity contribution in [3.8, 4) is 5.75 Å². The zero-order valence-corrected chi connectivity index (χ0v) is 18.9. The number of fused-ring (bicyclic) bond motifs is 1. The van der Waals surface area contributed by atoms with Crippen LogP contribution in [-0.2, 0) is 16.8 Å². The number of aliphatic hydroxyl groups excluding tert-OH is 1. The van der Waals surface area contributed by atoms with Crippen molar-refractivity contribution >= 4 is 17.7 Å². The molecular formula is C25H32N2O4. The van der Waals surface area contributed by atoms with Gasteiger partial charge in [0.25, 0.3) is 0 Å². The lowest BCUT2D eigenvalue weighted by molar-refractivity contribution is -0.118. The normalized spacial score (nSPS) is 18.3. The number of rotatable bonds is 4. The van der Waals surface area contributed by atoms with E-state index in [1.807, 2.05) is 69.9 Å². The number of ether oxygens (including phenoxy) is 1. The highest BCUT2D eigenvalue weighted by molar-refractivity contribution is 5.95. The maximum Gasteiger partial charge on any atom is 0.413 e. The Hall–Kier alpha value is -2.86. The lowest BCUT2D eigenvalue weighted by atomic mass is 9.85. The van der Waals surface area contributed by atoms with Gasteiger partial charge in [-0.05, 0) is 48.1 Å². The summed E-state index contributed by atoms with van der Waals surface area (Å²) in [5.74, 6) is 0.543. The topological polar surface area (TPSA) is 78.9 Å². The van der Waals surface area contributed by atoms with Gasteiger partial charge in [-0.25, -0.2) is 4.79 Å². The number of carbonyl (C=O) groups excluding carboxylic acids is 2. The molecule has 2 N–H and O–H groups in total. The molecule has 0 unspecified atom stereocenters. The Morgan fingerprint density at radius 2 is 1.90 bits per heavy atom. The molecule has 2 aromatic rings. The predicted octanol–water partition coefficient (Wildman–Crippen LogP) is 4.84. The fraction of sp³-hybridized carbons (Fsp3) is 0.440. The smallest absolute Gasteiger partial charge is 0.410 e. The second-order valence-electron chi connectivity index (χ2n) is 9.09. The fourth-order valence-corrected chi connectivity index (χ4v) is 4.12. The molecule has 0 saturated heterocycles. The summed E-state index contributed by atoms with van der Waals surface area (Å²) >= 11 is 0. The van der Waals surface area contributed by atoms with Crippen molar-refractivity contribution in [3.05, 3.63) is 59.2 Å². The van der Waals surface area contributed by atoms with Gasteiger partial charge in [0.15, 0.2) is 0 Å². The molecule has 0 fully saturated rings. The minimum atomic E-state index is -0.537. The Morgan fingerprint density at radius 3 is 2.55 bits per heavy atom. The second-order valence-corrected chi connectivity index (χ2v) is 9.09. The molecule has 31 heavy (non-hydrogen) atoms. The van der Waals surface area contributed by atoms with Gasteiger partial charge < -0.3 is 20.1 Å². The van der Waals surface area contributed by atoms with Crippen LogP contribution >= 0.6 is 0 Å². The van der Waals surface area contributed by atoms with Crippen molar-refractivity contribution in [1.29, 1.82) is 0 Å². The molecule has 166 valence electrons. The van der Waals surface area contributed by atoms with Crippen LogP contribution in [0.2, 0.25) is 0 Å². The van der Waals surface area contributed by atoms with Crippen molar-refractivity contribution in [2.24, 2.45) is 0 Å². The molecule has 6 nitrogen and oxygen atoms in total. The number of para-hydroxylation sites is 1. The summed E-state index contributed by atoms with van der Waals surface area (Å²) in [4.78, 5) is 27.2. The number of hydrogen-bond donors (Lipinski definition) is 2. The van der Waals surface area contributed by atoms with Gasteiger partial charge in [0, 0.05) is 23.7 Å². The van der Waals surface area contributed by atoms with E-state index in [0.717, 1.165) is 22.4 Å². The highest BCUT2D eigenvalue weighted by Gasteiger charge is 2.34. The van der Waals surface area contributed by atoms with Crippen LogP contribution in [0.25, 0.3) is 0 Å². The summed E-state index contributed by atoms with van der Waals surface area (Å²) in [5, 5.41) is 12.5.